The fourth-order valence-corrected chi connectivity index (χ4v) is 6.27. The van der Waals surface area contributed by atoms with Crippen LogP contribution in [-0.2, 0) is 34.8 Å². The van der Waals surface area contributed by atoms with E-state index >= 15 is 0 Å². The third-order valence-electron chi connectivity index (χ3n) is 7.67. The van der Waals surface area contributed by atoms with Gasteiger partial charge in [-0.1, -0.05) is 65.4 Å². The first-order valence-electron chi connectivity index (χ1n) is 14.6. The fraction of sp³-hybridized carbons (Fsp3) is 0.171. The second-order valence-electron chi connectivity index (χ2n) is 11.3. The predicted molar refractivity (Wildman–Crippen MR) is 172 cm³/mol. The van der Waals surface area contributed by atoms with Gasteiger partial charge in [0.15, 0.2) is 4.96 Å². The highest BCUT2D eigenvalue weighted by Gasteiger charge is 2.37. The summed E-state index contributed by atoms with van der Waals surface area (Å²) in [6.07, 6.45) is -8.98. The van der Waals surface area contributed by atoms with Crippen LogP contribution in [0, 0.1) is 6.92 Å². The highest BCUT2D eigenvalue weighted by atomic mass is 32.1. The second-order valence-corrected chi connectivity index (χ2v) is 12.3. The molecule has 0 fully saturated rings. The van der Waals surface area contributed by atoms with Crippen LogP contribution < -0.4 is 10.6 Å². The van der Waals surface area contributed by atoms with E-state index in [2.05, 4.69) is 10.6 Å². The number of nitrogens with one attached hydrogen (secondary N) is 2. The normalized spacial score (nSPS) is 12.7. The molecule has 0 spiro atoms. The number of benzene rings is 4. The topological polar surface area (TPSA) is 75.5 Å². The zero-order valence-corrected chi connectivity index (χ0v) is 25.9. The lowest BCUT2D eigenvalue weighted by molar-refractivity contribution is -0.143. The van der Waals surface area contributed by atoms with Gasteiger partial charge in [0.1, 0.15) is 6.04 Å². The largest absolute Gasteiger partial charge is 0.416 e. The molecule has 1 atom stereocenters. The summed E-state index contributed by atoms with van der Waals surface area (Å²) in [5, 5.41) is 5.25. The molecule has 0 unspecified atom stereocenters. The molecule has 0 aliphatic heterocycles. The number of carbonyl (C=O) groups is 2. The quantitative estimate of drug-likeness (QED) is 0.159. The van der Waals surface area contributed by atoms with Gasteiger partial charge in [0.2, 0.25) is 11.8 Å². The Morgan fingerprint density at radius 3 is 2.12 bits per heavy atom. The summed E-state index contributed by atoms with van der Waals surface area (Å²) in [5.74, 6) is -1.54. The first-order chi connectivity index (χ1) is 22.7. The lowest BCUT2D eigenvalue weighted by atomic mass is 10.0. The van der Waals surface area contributed by atoms with E-state index in [-0.39, 0.29) is 12.5 Å². The predicted octanol–water partition coefficient (Wildman–Crippen LogP) is 8.47. The van der Waals surface area contributed by atoms with Crippen LogP contribution in [0.3, 0.4) is 0 Å². The van der Waals surface area contributed by atoms with E-state index in [1.807, 2.05) is 53.9 Å². The number of hydrogen-bond donors (Lipinski definition) is 2. The monoisotopic (exact) mass is 680 g/mol. The van der Waals surface area contributed by atoms with Gasteiger partial charge >= 0.3 is 12.4 Å². The first-order valence-corrected chi connectivity index (χ1v) is 15.5. The van der Waals surface area contributed by atoms with E-state index in [1.54, 1.807) is 47.7 Å². The Labute approximate surface area is 274 Å². The molecule has 4 aromatic carbocycles. The number of amides is 2. The van der Waals surface area contributed by atoms with Crippen LogP contribution >= 0.6 is 11.3 Å². The highest BCUT2D eigenvalue weighted by molar-refractivity contribution is 7.23. The van der Waals surface area contributed by atoms with Gasteiger partial charge in [-0.05, 0) is 60.5 Å². The van der Waals surface area contributed by atoms with Crippen molar-refractivity contribution in [2.45, 2.75) is 38.2 Å². The van der Waals surface area contributed by atoms with Gasteiger partial charge in [-0.25, -0.2) is 4.98 Å². The van der Waals surface area contributed by atoms with Crippen LogP contribution in [0.4, 0.5) is 32.0 Å². The average molecular weight is 681 g/mol. The number of halogens is 6. The Kier molecular flexibility index (Phi) is 8.73. The van der Waals surface area contributed by atoms with Crippen molar-refractivity contribution in [1.82, 2.24) is 14.7 Å². The van der Waals surface area contributed by atoms with Crippen molar-refractivity contribution >= 4 is 44.0 Å². The molecule has 2 heterocycles. The Hall–Kier alpha value is -5.17. The zero-order valence-electron chi connectivity index (χ0n) is 25.1. The Morgan fingerprint density at radius 2 is 1.48 bits per heavy atom. The maximum Gasteiger partial charge on any atom is 0.416 e. The number of para-hydroxylation sites is 1. The highest BCUT2D eigenvalue weighted by Crippen LogP contribution is 2.36. The number of hydrogen-bond acceptors (Lipinski definition) is 4. The van der Waals surface area contributed by atoms with Crippen molar-refractivity contribution < 1.29 is 35.9 Å². The number of rotatable bonds is 8. The van der Waals surface area contributed by atoms with Gasteiger partial charge in [0.25, 0.3) is 0 Å². The summed E-state index contributed by atoms with van der Waals surface area (Å²) < 4.78 is 83.2. The summed E-state index contributed by atoms with van der Waals surface area (Å²) in [5.41, 5.74) is 1.08. The number of thiazole rings is 1. The van der Waals surface area contributed by atoms with E-state index in [9.17, 15) is 35.9 Å². The number of aryl methyl sites for hydroxylation is 1. The minimum Gasteiger partial charge on any atom is -0.344 e. The maximum atomic E-state index is 13.5. The number of nitrogens with zero attached hydrogens (tertiary/aromatic N) is 2. The van der Waals surface area contributed by atoms with Crippen LogP contribution in [0.5, 0.6) is 0 Å². The van der Waals surface area contributed by atoms with Crippen molar-refractivity contribution in [2.24, 2.45) is 0 Å². The Morgan fingerprint density at radius 1 is 0.833 bits per heavy atom. The molecule has 0 radical (unpaired) electrons. The van der Waals surface area contributed by atoms with Gasteiger partial charge < -0.3 is 10.6 Å². The molecule has 6 nitrogen and oxygen atoms in total. The fourth-order valence-electron chi connectivity index (χ4n) is 5.26. The van der Waals surface area contributed by atoms with E-state index < -0.39 is 53.3 Å². The summed E-state index contributed by atoms with van der Waals surface area (Å²) in [7, 11) is 0. The van der Waals surface area contributed by atoms with E-state index in [0.717, 1.165) is 32.0 Å². The van der Waals surface area contributed by atoms with Gasteiger partial charge in [0.05, 0.1) is 33.5 Å². The van der Waals surface area contributed by atoms with Crippen molar-refractivity contribution in [3.63, 3.8) is 0 Å². The molecule has 0 aliphatic rings. The molecule has 0 bridgehead atoms. The summed E-state index contributed by atoms with van der Waals surface area (Å²) in [6.45, 7) is 1.87. The maximum absolute atomic E-state index is 13.5. The van der Waals surface area contributed by atoms with Crippen molar-refractivity contribution in [1.29, 1.82) is 0 Å². The number of carbonyl (C=O) groups excluding carboxylic acids is 2. The van der Waals surface area contributed by atoms with Crippen LogP contribution in [0.1, 0.15) is 27.8 Å². The van der Waals surface area contributed by atoms with Crippen molar-refractivity contribution in [3.05, 3.63) is 125 Å². The van der Waals surface area contributed by atoms with Crippen LogP contribution in [0.2, 0.25) is 0 Å². The van der Waals surface area contributed by atoms with E-state index in [4.69, 9.17) is 4.98 Å². The molecule has 2 amide bonds. The molecule has 48 heavy (non-hydrogen) atoms. The number of fused-ring (bicyclic) bond motifs is 3. The standard InChI is InChI=1S/C35H26F6N4O2S/c1-20-6-8-21(9-7-20)16-27(43-31(46)17-22-14-24(34(36,37)38)18-25(15-22)35(39,40)41)32(47)42-26-12-10-23(11-13-26)28-19-45-29-4-2-3-5-30(29)48-33(45)44-28/h2-15,18-19,27H,16-17H2,1H3,(H,42,47)(H,43,46)/t27-/m0/s1. The Balaban J connectivity index is 1.20. The van der Waals surface area contributed by atoms with Gasteiger partial charge in [-0.15, -0.1) is 0 Å². The molecule has 0 saturated carbocycles. The lowest BCUT2D eigenvalue weighted by Gasteiger charge is -2.20. The van der Waals surface area contributed by atoms with Crippen molar-refractivity contribution in [2.75, 3.05) is 5.32 Å². The number of aromatic nitrogens is 2. The molecule has 6 rings (SSSR count). The number of anilines is 1. The van der Waals surface area contributed by atoms with Crippen molar-refractivity contribution in [3.8, 4) is 11.3 Å². The van der Waals surface area contributed by atoms with Gasteiger partial charge in [-0.2, -0.15) is 26.3 Å². The second kappa shape index (κ2) is 12.8. The molecule has 246 valence electrons. The summed E-state index contributed by atoms with van der Waals surface area (Å²) >= 11 is 1.56. The van der Waals surface area contributed by atoms with Gasteiger partial charge in [0, 0.05) is 23.9 Å². The molecule has 0 saturated heterocycles. The Bertz CT molecular complexity index is 2080. The molecular weight excluding hydrogens is 654 g/mol. The molecule has 0 aliphatic carbocycles. The minimum atomic E-state index is -5.06. The van der Waals surface area contributed by atoms with Crippen LogP contribution in [0.15, 0.2) is 97.2 Å². The zero-order chi connectivity index (χ0) is 34.2. The number of alkyl halides is 6. The lowest BCUT2D eigenvalue weighted by Crippen LogP contribution is -2.45. The van der Waals surface area contributed by atoms with E-state index in [0.29, 0.717) is 23.4 Å². The average Bonchev–Trinajstić information content (AvgIpc) is 3.60. The number of imidazole rings is 1. The molecule has 2 N–H and O–H groups in total. The van der Waals surface area contributed by atoms with Gasteiger partial charge in [-0.3, -0.25) is 14.0 Å². The third-order valence-corrected chi connectivity index (χ3v) is 8.71. The smallest absolute Gasteiger partial charge is 0.344 e. The summed E-state index contributed by atoms with van der Waals surface area (Å²) in [6, 6.07) is 21.8. The molecule has 6 aromatic rings. The van der Waals surface area contributed by atoms with Crippen LogP contribution in [-0.4, -0.2) is 27.2 Å². The minimum absolute atomic E-state index is 0.00216. The molecule has 2 aromatic heterocycles. The SMILES string of the molecule is Cc1ccc(C[C@H](NC(=O)Cc2cc(C(F)(F)F)cc(C(F)(F)F)c2)C(=O)Nc2ccc(-c3cn4c(n3)sc3ccccc34)cc2)cc1. The first kappa shape index (κ1) is 32.8. The van der Waals surface area contributed by atoms with Crippen LogP contribution in [0.25, 0.3) is 26.4 Å². The third kappa shape index (κ3) is 7.36. The molecule has 13 heteroatoms. The molecular formula is C35H26F6N4O2S. The summed E-state index contributed by atoms with van der Waals surface area (Å²) in [4.78, 5) is 32.0. The van der Waals surface area contributed by atoms with E-state index in [1.165, 1.54) is 0 Å².